The zero-order valence-electron chi connectivity index (χ0n) is 25.6. The van der Waals surface area contributed by atoms with Gasteiger partial charge < -0.3 is 0 Å². The number of hydrazine groups is 1. The smallest absolute Gasteiger partial charge is 0.244 e. The predicted octanol–water partition coefficient (Wildman–Crippen LogP) is 5.45. The van der Waals surface area contributed by atoms with Crippen LogP contribution in [-0.2, 0) is 19.2 Å². The number of carbonyl (C=O) groups is 4. The van der Waals surface area contributed by atoms with Crippen molar-refractivity contribution in [2.75, 3.05) is 0 Å². The molecule has 2 amide bonds. The topological polar surface area (TPSA) is 116 Å². The lowest BCUT2D eigenvalue weighted by atomic mass is 9.31. The van der Waals surface area contributed by atoms with E-state index in [1.165, 1.54) is 6.92 Å². The highest BCUT2D eigenvalue weighted by atomic mass is 16.2. The molecule has 4 saturated carbocycles. The van der Waals surface area contributed by atoms with Gasteiger partial charge in [0.2, 0.25) is 11.8 Å². The van der Waals surface area contributed by atoms with Crippen LogP contribution in [0.5, 0.6) is 0 Å². The number of carbonyl (C=O) groups excluding carboxylic acids is 4. The third kappa shape index (κ3) is 3.66. The molecule has 40 heavy (non-hydrogen) atoms. The molecule has 0 radical (unpaired) electrons. The molecule has 0 aliphatic heterocycles. The molecule has 0 spiro atoms. The van der Waals surface area contributed by atoms with Gasteiger partial charge >= 0.3 is 0 Å². The van der Waals surface area contributed by atoms with E-state index in [4.69, 9.17) is 0 Å². The fourth-order valence-corrected chi connectivity index (χ4v) is 11.0. The summed E-state index contributed by atoms with van der Waals surface area (Å²) in [5, 5.41) is 9.92. The van der Waals surface area contributed by atoms with Crippen LogP contribution in [0.1, 0.15) is 107 Å². The first kappa shape index (κ1) is 29.0. The van der Waals surface area contributed by atoms with E-state index < -0.39 is 16.2 Å². The van der Waals surface area contributed by atoms with Gasteiger partial charge in [-0.25, -0.2) is 0 Å². The molecule has 5 rings (SSSR count). The number of nitriles is 1. The average molecular weight is 550 g/mol. The molecule has 0 aromatic carbocycles. The Labute approximate surface area is 239 Å². The van der Waals surface area contributed by atoms with Gasteiger partial charge in [0.25, 0.3) is 0 Å². The van der Waals surface area contributed by atoms with Crippen molar-refractivity contribution in [1.29, 1.82) is 5.26 Å². The van der Waals surface area contributed by atoms with Crippen molar-refractivity contribution in [2.45, 2.75) is 107 Å². The summed E-state index contributed by atoms with van der Waals surface area (Å²) in [5.74, 6) is -0.592. The van der Waals surface area contributed by atoms with E-state index in [1.807, 2.05) is 19.9 Å². The van der Waals surface area contributed by atoms with Crippen molar-refractivity contribution < 1.29 is 19.2 Å². The maximum Gasteiger partial charge on any atom is 0.244 e. The van der Waals surface area contributed by atoms with Gasteiger partial charge in [0, 0.05) is 24.7 Å². The number of nitrogens with zero attached hydrogens (tertiary/aromatic N) is 1. The second-order valence-corrected chi connectivity index (χ2v) is 16.0. The van der Waals surface area contributed by atoms with Crippen molar-refractivity contribution in [3.05, 3.63) is 11.6 Å². The number of amides is 2. The van der Waals surface area contributed by atoms with E-state index in [0.717, 1.165) is 32.1 Å². The third-order valence-electron chi connectivity index (χ3n) is 13.3. The highest BCUT2D eigenvalue weighted by Crippen LogP contribution is 2.75. The minimum atomic E-state index is -0.685. The van der Waals surface area contributed by atoms with Crippen LogP contribution in [0.2, 0.25) is 0 Å². The standard InChI is InChI=1S/C33H47N3O4/c1-19(37)35-36-27(40)33-13-11-28(2,3)17-21(33)25-22(38)15-24-30(6)16-20(18-34)26(39)29(4,5)23(30)9-10-31(24,7)32(25,8)12-14-33/h16,21,23-25H,9-15,17H2,1-8H3,(H,35,37)(H,36,40)/t21?,23?,24?,25?,30-,31+,32+,33-/m0/s1. The lowest BCUT2D eigenvalue weighted by Crippen LogP contribution is -2.70. The van der Waals surface area contributed by atoms with Crippen LogP contribution in [0.15, 0.2) is 11.6 Å². The van der Waals surface area contributed by atoms with E-state index in [9.17, 15) is 24.4 Å². The van der Waals surface area contributed by atoms with Crippen LogP contribution in [0.3, 0.4) is 0 Å². The predicted molar refractivity (Wildman–Crippen MR) is 151 cm³/mol. The fraction of sp³-hybridized carbons (Fsp3) is 0.788. The molecule has 7 nitrogen and oxygen atoms in total. The molecule has 5 aliphatic rings. The van der Waals surface area contributed by atoms with Crippen molar-refractivity contribution in [1.82, 2.24) is 10.9 Å². The highest BCUT2D eigenvalue weighted by molar-refractivity contribution is 6.04. The summed E-state index contributed by atoms with van der Waals surface area (Å²) < 4.78 is 0. The fourth-order valence-electron chi connectivity index (χ4n) is 11.0. The lowest BCUT2D eigenvalue weighted by molar-refractivity contribution is -0.222. The third-order valence-corrected chi connectivity index (χ3v) is 13.3. The molecule has 0 aromatic heterocycles. The van der Waals surface area contributed by atoms with Gasteiger partial charge in [-0.05, 0) is 84.4 Å². The molecule has 4 unspecified atom stereocenters. The number of allylic oxidation sites excluding steroid dienone is 2. The Balaban J connectivity index is 1.61. The summed E-state index contributed by atoms with van der Waals surface area (Å²) in [6.07, 6.45) is 7.99. The summed E-state index contributed by atoms with van der Waals surface area (Å²) in [6.45, 7) is 16.7. The monoisotopic (exact) mass is 549 g/mol. The van der Waals surface area contributed by atoms with Gasteiger partial charge in [-0.2, -0.15) is 5.26 Å². The molecule has 0 bridgehead atoms. The Kier molecular flexibility index (Phi) is 6.35. The van der Waals surface area contributed by atoms with E-state index in [-0.39, 0.29) is 68.9 Å². The molecule has 4 fully saturated rings. The van der Waals surface area contributed by atoms with Crippen LogP contribution in [0.25, 0.3) is 0 Å². The molecule has 2 N–H and O–H groups in total. The van der Waals surface area contributed by atoms with E-state index in [1.54, 1.807) is 0 Å². The van der Waals surface area contributed by atoms with Crippen LogP contribution in [-0.4, -0.2) is 23.4 Å². The van der Waals surface area contributed by atoms with Crippen molar-refractivity contribution in [3.63, 3.8) is 0 Å². The second-order valence-electron chi connectivity index (χ2n) is 16.0. The number of nitrogens with one attached hydrogen (secondary N) is 2. The maximum atomic E-state index is 14.6. The van der Waals surface area contributed by atoms with Crippen LogP contribution < -0.4 is 10.9 Å². The van der Waals surface area contributed by atoms with Crippen LogP contribution in [0.4, 0.5) is 0 Å². The van der Waals surface area contributed by atoms with Crippen molar-refractivity contribution in [2.24, 2.45) is 56.2 Å². The van der Waals surface area contributed by atoms with E-state index >= 15 is 0 Å². The normalized spacial score (nSPS) is 44.9. The molecule has 218 valence electrons. The van der Waals surface area contributed by atoms with Gasteiger partial charge in [0.15, 0.2) is 5.78 Å². The zero-order chi connectivity index (χ0) is 29.7. The Bertz CT molecular complexity index is 1260. The lowest BCUT2D eigenvalue weighted by Gasteiger charge is -2.71. The number of fused-ring (bicyclic) bond motifs is 7. The quantitative estimate of drug-likeness (QED) is 0.422. The van der Waals surface area contributed by atoms with E-state index in [0.29, 0.717) is 19.3 Å². The zero-order valence-corrected chi connectivity index (χ0v) is 25.6. The number of rotatable bonds is 1. The van der Waals surface area contributed by atoms with E-state index in [2.05, 4.69) is 51.5 Å². The first-order chi connectivity index (χ1) is 18.4. The summed E-state index contributed by atoms with van der Waals surface area (Å²) >= 11 is 0. The average Bonchev–Trinajstić information content (AvgIpc) is 2.86. The Hall–Kier alpha value is -2.49. The van der Waals surface area contributed by atoms with Crippen LogP contribution >= 0.6 is 0 Å². The Morgan fingerprint density at radius 3 is 2.17 bits per heavy atom. The van der Waals surface area contributed by atoms with Crippen molar-refractivity contribution in [3.8, 4) is 6.07 Å². The Morgan fingerprint density at radius 2 is 1.55 bits per heavy atom. The van der Waals surface area contributed by atoms with Gasteiger partial charge in [0.1, 0.15) is 11.9 Å². The second kappa shape index (κ2) is 8.76. The Morgan fingerprint density at radius 1 is 0.900 bits per heavy atom. The summed E-state index contributed by atoms with van der Waals surface area (Å²) in [7, 11) is 0. The highest BCUT2D eigenvalue weighted by Gasteiger charge is 2.73. The SMILES string of the molecule is CC(=O)NNC(=O)[C@]12CCC(C)(C)CC1C1C(=O)CC3[C@@]4(C)C=C(C#N)C(=O)C(C)(C)C4CC[C@@]3(C)[C@]1(C)CC2. The molecule has 0 saturated heterocycles. The molecule has 7 heteroatoms. The van der Waals surface area contributed by atoms with Gasteiger partial charge in [-0.3, -0.25) is 30.0 Å². The maximum absolute atomic E-state index is 14.6. The van der Waals surface area contributed by atoms with Crippen molar-refractivity contribution >= 4 is 23.4 Å². The largest absolute Gasteiger partial charge is 0.299 e. The molecular formula is C33H47N3O4. The molecule has 8 atom stereocenters. The number of ketones is 2. The number of Topliss-reactive ketones (excluding diaryl/α,β-unsaturated/α-hetero) is 2. The van der Waals surface area contributed by atoms with Gasteiger partial charge in [-0.15, -0.1) is 0 Å². The van der Waals surface area contributed by atoms with Gasteiger partial charge in [0.05, 0.1) is 11.0 Å². The number of hydrogen-bond acceptors (Lipinski definition) is 5. The number of hydrogen-bond donors (Lipinski definition) is 2. The summed E-state index contributed by atoms with van der Waals surface area (Å²) in [6, 6.07) is 2.19. The summed E-state index contributed by atoms with van der Waals surface area (Å²) in [4.78, 5) is 53.3. The molecule has 0 aromatic rings. The minimum absolute atomic E-state index is 0.0144. The molecular weight excluding hydrogens is 502 g/mol. The molecule has 5 aliphatic carbocycles. The van der Waals surface area contributed by atoms with Gasteiger partial charge in [-0.1, -0.05) is 54.5 Å². The first-order valence-electron chi connectivity index (χ1n) is 15.2. The summed E-state index contributed by atoms with van der Waals surface area (Å²) in [5.41, 5.74) is 3.17. The minimum Gasteiger partial charge on any atom is -0.299 e. The van der Waals surface area contributed by atoms with Crippen LogP contribution in [0, 0.1) is 67.5 Å². The first-order valence-corrected chi connectivity index (χ1v) is 15.2. The molecule has 0 heterocycles.